The molecule has 110 valence electrons. The molecule has 0 spiro atoms. The van der Waals surface area contributed by atoms with Crippen LogP contribution in [0, 0.1) is 0 Å². The van der Waals surface area contributed by atoms with Crippen LogP contribution in [0.1, 0.15) is 55.6 Å². The number of rotatable bonds is 5. The Morgan fingerprint density at radius 1 is 1.25 bits per heavy atom. The highest BCUT2D eigenvalue weighted by Gasteiger charge is 2.16. The quantitative estimate of drug-likeness (QED) is 0.592. The Kier molecular flexibility index (Phi) is 5.90. The highest BCUT2D eigenvalue weighted by molar-refractivity contribution is 6.21. The lowest BCUT2D eigenvalue weighted by atomic mass is 9.84. The number of carbonyl (C=O) groups excluding carboxylic acids is 1. The SMILES string of the molecule is COC(=O)CC(Cl)Cc1ccc(C2CCCCC2)cc1. The number of carbonyl (C=O) groups is 1. The molecular weight excluding hydrogens is 272 g/mol. The molecule has 2 rings (SSSR count). The summed E-state index contributed by atoms with van der Waals surface area (Å²) in [7, 11) is 1.39. The fraction of sp³-hybridized carbons (Fsp3) is 0.588. The molecule has 0 N–H and O–H groups in total. The number of hydrogen-bond donors (Lipinski definition) is 0. The van der Waals surface area contributed by atoms with Crippen molar-refractivity contribution < 1.29 is 9.53 Å². The summed E-state index contributed by atoms with van der Waals surface area (Å²) in [5.74, 6) is 0.489. The van der Waals surface area contributed by atoms with Crippen LogP contribution >= 0.6 is 11.6 Å². The maximum absolute atomic E-state index is 11.2. The van der Waals surface area contributed by atoms with Crippen molar-refractivity contribution >= 4 is 17.6 Å². The number of hydrogen-bond acceptors (Lipinski definition) is 2. The third kappa shape index (κ3) is 4.52. The Bertz CT molecular complexity index is 421. The molecule has 0 heterocycles. The highest BCUT2D eigenvalue weighted by Crippen LogP contribution is 2.32. The molecule has 2 nitrogen and oxygen atoms in total. The van der Waals surface area contributed by atoms with Crippen LogP contribution < -0.4 is 0 Å². The molecule has 3 heteroatoms. The van der Waals surface area contributed by atoms with Crippen LogP contribution in [0.15, 0.2) is 24.3 Å². The fourth-order valence-electron chi connectivity index (χ4n) is 2.95. The summed E-state index contributed by atoms with van der Waals surface area (Å²) in [5.41, 5.74) is 2.64. The predicted molar refractivity (Wildman–Crippen MR) is 82.2 cm³/mol. The zero-order valence-electron chi connectivity index (χ0n) is 12.1. The van der Waals surface area contributed by atoms with E-state index in [1.165, 1.54) is 50.3 Å². The van der Waals surface area contributed by atoms with E-state index in [-0.39, 0.29) is 17.8 Å². The second-order valence-electron chi connectivity index (χ2n) is 5.66. The van der Waals surface area contributed by atoms with Crippen LogP contribution in [0.3, 0.4) is 0 Å². The molecule has 0 amide bonds. The number of methoxy groups -OCH3 is 1. The van der Waals surface area contributed by atoms with Crippen LogP contribution in [-0.2, 0) is 16.0 Å². The van der Waals surface area contributed by atoms with Gasteiger partial charge in [0, 0.05) is 5.38 Å². The third-order valence-corrected chi connectivity index (χ3v) is 4.44. The van der Waals surface area contributed by atoms with Crippen molar-refractivity contribution in [2.75, 3.05) is 7.11 Å². The van der Waals surface area contributed by atoms with Crippen LogP contribution in [0.25, 0.3) is 0 Å². The first-order valence-electron chi connectivity index (χ1n) is 7.48. The van der Waals surface area contributed by atoms with Crippen LogP contribution in [0.4, 0.5) is 0 Å². The van der Waals surface area contributed by atoms with Gasteiger partial charge in [-0.2, -0.15) is 0 Å². The molecule has 1 aliphatic rings. The molecule has 0 radical (unpaired) electrons. The molecule has 1 atom stereocenters. The standard InChI is InChI=1S/C17H23ClO2/c1-20-17(19)12-16(18)11-13-7-9-15(10-8-13)14-5-3-2-4-6-14/h7-10,14,16H,2-6,11-12H2,1H3. The largest absolute Gasteiger partial charge is 0.469 e. The maximum atomic E-state index is 11.2. The van der Waals surface area contributed by atoms with Crippen molar-refractivity contribution in [2.24, 2.45) is 0 Å². The number of ether oxygens (including phenoxy) is 1. The van der Waals surface area contributed by atoms with Gasteiger partial charge in [-0.25, -0.2) is 0 Å². The zero-order valence-corrected chi connectivity index (χ0v) is 12.9. The van der Waals surface area contributed by atoms with Crippen molar-refractivity contribution in [3.63, 3.8) is 0 Å². The van der Waals surface area contributed by atoms with Gasteiger partial charge >= 0.3 is 5.97 Å². The van der Waals surface area contributed by atoms with Crippen LogP contribution in [0.5, 0.6) is 0 Å². The minimum absolute atomic E-state index is 0.192. The Labute approximate surface area is 126 Å². The fourth-order valence-corrected chi connectivity index (χ4v) is 3.26. The van der Waals surface area contributed by atoms with Gasteiger partial charge in [-0.05, 0) is 36.3 Å². The summed E-state index contributed by atoms with van der Waals surface area (Å²) in [5, 5.41) is -0.192. The molecule has 20 heavy (non-hydrogen) atoms. The van der Waals surface area contributed by atoms with Gasteiger partial charge in [0.1, 0.15) is 0 Å². The minimum atomic E-state index is -0.246. The monoisotopic (exact) mass is 294 g/mol. The second kappa shape index (κ2) is 7.68. The summed E-state index contributed by atoms with van der Waals surface area (Å²) in [6.07, 6.45) is 7.71. The first kappa shape index (κ1) is 15.4. The van der Waals surface area contributed by atoms with Crippen molar-refractivity contribution in [3.8, 4) is 0 Å². The summed E-state index contributed by atoms with van der Waals surface area (Å²) >= 11 is 6.18. The summed E-state index contributed by atoms with van der Waals surface area (Å²) < 4.78 is 4.63. The molecular formula is C17H23ClO2. The van der Waals surface area contributed by atoms with E-state index in [2.05, 4.69) is 29.0 Å². The first-order valence-corrected chi connectivity index (χ1v) is 7.92. The Morgan fingerprint density at radius 2 is 1.90 bits per heavy atom. The summed E-state index contributed by atoms with van der Waals surface area (Å²) in [6.45, 7) is 0. The van der Waals surface area contributed by atoms with E-state index in [4.69, 9.17) is 11.6 Å². The number of halogens is 1. The van der Waals surface area contributed by atoms with Gasteiger partial charge in [-0.3, -0.25) is 4.79 Å². The molecule has 1 aromatic carbocycles. The molecule has 1 saturated carbocycles. The molecule has 0 saturated heterocycles. The topological polar surface area (TPSA) is 26.3 Å². The molecule has 0 aromatic heterocycles. The maximum Gasteiger partial charge on any atom is 0.307 e. The van der Waals surface area contributed by atoms with E-state index in [0.29, 0.717) is 6.42 Å². The Balaban J connectivity index is 1.89. The Morgan fingerprint density at radius 3 is 2.50 bits per heavy atom. The average molecular weight is 295 g/mol. The lowest BCUT2D eigenvalue weighted by Gasteiger charge is -2.22. The average Bonchev–Trinajstić information content (AvgIpc) is 2.48. The normalized spacial score (nSPS) is 17.7. The lowest BCUT2D eigenvalue weighted by molar-refractivity contribution is -0.140. The Hall–Kier alpha value is -1.02. The van der Waals surface area contributed by atoms with Crippen molar-refractivity contribution in [1.29, 1.82) is 0 Å². The third-order valence-electron chi connectivity index (χ3n) is 4.13. The molecule has 1 unspecified atom stereocenters. The van der Waals surface area contributed by atoms with Crippen molar-refractivity contribution in [1.82, 2.24) is 0 Å². The van der Waals surface area contributed by atoms with E-state index in [1.54, 1.807) is 0 Å². The minimum Gasteiger partial charge on any atom is -0.469 e. The van der Waals surface area contributed by atoms with Gasteiger partial charge in [0.05, 0.1) is 13.5 Å². The van der Waals surface area contributed by atoms with Crippen LogP contribution in [-0.4, -0.2) is 18.5 Å². The number of benzene rings is 1. The molecule has 1 aliphatic carbocycles. The van der Waals surface area contributed by atoms with E-state index < -0.39 is 0 Å². The molecule has 0 bridgehead atoms. The van der Waals surface area contributed by atoms with Gasteiger partial charge in [-0.1, -0.05) is 43.5 Å². The second-order valence-corrected chi connectivity index (χ2v) is 6.28. The molecule has 1 fully saturated rings. The van der Waals surface area contributed by atoms with Gasteiger partial charge in [0.15, 0.2) is 0 Å². The molecule has 1 aromatic rings. The number of esters is 1. The van der Waals surface area contributed by atoms with Crippen molar-refractivity contribution in [2.45, 2.75) is 56.2 Å². The number of alkyl halides is 1. The zero-order chi connectivity index (χ0) is 14.4. The summed E-state index contributed by atoms with van der Waals surface area (Å²) in [4.78, 5) is 11.2. The smallest absolute Gasteiger partial charge is 0.307 e. The van der Waals surface area contributed by atoms with Crippen LogP contribution in [0.2, 0.25) is 0 Å². The van der Waals surface area contributed by atoms with Gasteiger partial charge in [0.2, 0.25) is 0 Å². The lowest BCUT2D eigenvalue weighted by Crippen LogP contribution is -2.12. The predicted octanol–water partition coefficient (Wildman–Crippen LogP) is 4.45. The van der Waals surface area contributed by atoms with E-state index in [1.807, 2.05) is 0 Å². The van der Waals surface area contributed by atoms with E-state index >= 15 is 0 Å². The molecule has 0 aliphatic heterocycles. The van der Waals surface area contributed by atoms with Gasteiger partial charge in [0.25, 0.3) is 0 Å². The van der Waals surface area contributed by atoms with Crippen molar-refractivity contribution in [3.05, 3.63) is 35.4 Å². The first-order chi connectivity index (χ1) is 9.69. The van der Waals surface area contributed by atoms with E-state index in [9.17, 15) is 4.79 Å². The van der Waals surface area contributed by atoms with E-state index in [0.717, 1.165) is 5.92 Å². The highest BCUT2D eigenvalue weighted by atomic mass is 35.5. The van der Waals surface area contributed by atoms with Gasteiger partial charge < -0.3 is 4.74 Å². The summed E-state index contributed by atoms with van der Waals surface area (Å²) in [6, 6.07) is 8.76. The van der Waals surface area contributed by atoms with Gasteiger partial charge in [-0.15, -0.1) is 11.6 Å².